The number of hydrogen-bond acceptors (Lipinski definition) is 3. The fourth-order valence-electron chi connectivity index (χ4n) is 0.789. The van der Waals surface area contributed by atoms with Crippen LogP contribution in [-0.4, -0.2) is 11.4 Å². The van der Waals surface area contributed by atoms with E-state index in [1.54, 1.807) is 24.3 Å². The van der Waals surface area contributed by atoms with Crippen LogP contribution in [0.4, 0.5) is 0 Å². The summed E-state index contributed by atoms with van der Waals surface area (Å²) < 4.78 is 4.92. The zero-order valence-corrected chi connectivity index (χ0v) is 6.31. The lowest BCUT2D eigenvalue weighted by molar-refractivity contribution is 0.112. The minimum absolute atomic E-state index is 0.429. The van der Waals surface area contributed by atoms with Gasteiger partial charge in [0.2, 0.25) is 0 Å². The summed E-state index contributed by atoms with van der Waals surface area (Å²) in [5, 5.41) is 8.30. The van der Waals surface area contributed by atoms with Crippen LogP contribution in [0.3, 0.4) is 0 Å². The topological polar surface area (TPSA) is 46.5 Å². The smallest absolute Gasteiger partial charge is 0.153 e. The molecule has 0 atom stereocenters. The molecule has 0 saturated heterocycles. The summed E-state index contributed by atoms with van der Waals surface area (Å²) in [4.78, 5) is 10.4. The molecule has 0 bridgehead atoms. The van der Waals surface area contributed by atoms with E-state index in [-0.39, 0.29) is 0 Å². The third-order valence-electron chi connectivity index (χ3n) is 1.30. The Morgan fingerprint density at radius 1 is 1.33 bits per heavy atom. The minimum Gasteiger partial charge on any atom is -0.512 e. The molecule has 0 heterocycles. The Morgan fingerprint density at radius 2 is 2.08 bits per heavy atom. The monoisotopic (exact) mass is 164 g/mol. The molecule has 3 nitrogen and oxygen atoms in total. The first-order valence-corrected chi connectivity index (χ1v) is 3.38. The van der Waals surface area contributed by atoms with Crippen molar-refractivity contribution < 1.29 is 14.6 Å². The van der Waals surface area contributed by atoms with Crippen LogP contribution in [0, 0.1) is 0 Å². The predicted molar refractivity (Wildman–Crippen MR) is 44.2 cm³/mol. The van der Waals surface area contributed by atoms with E-state index < -0.39 is 0 Å². The average molecular weight is 164 g/mol. The SMILES string of the molecule is O=Cc1ccccc1OC=CO. The Labute approximate surface area is 69.9 Å². The van der Waals surface area contributed by atoms with Gasteiger partial charge in [-0.25, -0.2) is 0 Å². The molecule has 0 saturated carbocycles. The number of aldehydes is 1. The second-order valence-electron chi connectivity index (χ2n) is 2.06. The van der Waals surface area contributed by atoms with Gasteiger partial charge in [-0.1, -0.05) is 12.1 Å². The van der Waals surface area contributed by atoms with Crippen LogP contribution in [0.5, 0.6) is 5.75 Å². The zero-order valence-electron chi connectivity index (χ0n) is 6.31. The third kappa shape index (κ3) is 1.85. The molecular weight excluding hydrogens is 156 g/mol. The van der Waals surface area contributed by atoms with Crippen LogP contribution in [-0.2, 0) is 0 Å². The van der Waals surface area contributed by atoms with Crippen molar-refractivity contribution in [1.82, 2.24) is 0 Å². The van der Waals surface area contributed by atoms with Crippen LogP contribution in [0.25, 0.3) is 0 Å². The van der Waals surface area contributed by atoms with Crippen molar-refractivity contribution in [2.24, 2.45) is 0 Å². The summed E-state index contributed by atoms with van der Waals surface area (Å²) in [5.74, 6) is 0.429. The highest BCUT2D eigenvalue weighted by atomic mass is 16.5. The highest BCUT2D eigenvalue weighted by Gasteiger charge is 1.98. The second kappa shape index (κ2) is 4.18. The molecule has 0 aliphatic rings. The Morgan fingerprint density at radius 3 is 2.75 bits per heavy atom. The van der Waals surface area contributed by atoms with Crippen molar-refractivity contribution in [3.63, 3.8) is 0 Å². The number of para-hydroxylation sites is 1. The molecule has 0 amide bonds. The first kappa shape index (κ1) is 8.33. The number of ether oxygens (including phenoxy) is 1. The fourth-order valence-corrected chi connectivity index (χ4v) is 0.789. The predicted octanol–water partition coefficient (Wildman–Crippen LogP) is 1.91. The van der Waals surface area contributed by atoms with Gasteiger partial charge in [-0.15, -0.1) is 0 Å². The third-order valence-corrected chi connectivity index (χ3v) is 1.30. The van der Waals surface area contributed by atoms with E-state index in [1.165, 1.54) is 0 Å². The molecular formula is C9H8O3. The highest BCUT2D eigenvalue weighted by molar-refractivity contribution is 5.79. The summed E-state index contributed by atoms with van der Waals surface area (Å²) in [6.45, 7) is 0. The van der Waals surface area contributed by atoms with Gasteiger partial charge < -0.3 is 9.84 Å². The van der Waals surface area contributed by atoms with Gasteiger partial charge in [0.05, 0.1) is 5.56 Å². The van der Waals surface area contributed by atoms with Crippen LogP contribution in [0.1, 0.15) is 10.4 Å². The molecule has 1 aromatic rings. The summed E-state index contributed by atoms with van der Waals surface area (Å²) in [6, 6.07) is 6.75. The molecule has 12 heavy (non-hydrogen) atoms. The van der Waals surface area contributed by atoms with Crippen molar-refractivity contribution >= 4 is 6.29 Å². The van der Waals surface area contributed by atoms with Crippen molar-refractivity contribution in [2.45, 2.75) is 0 Å². The minimum atomic E-state index is 0.429. The lowest BCUT2D eigenvalue weighted by atomic mass is 10.2. The molecule has 62 valence electrons. The van der Waals surface area contributed by atoms with E-state index >= 15 is 0 Å². The molecule has 3 heteroatoms. The van der Waals surface area contributed by atoms with Gasteiger partial charge in [0.25, 0.3) is 0 Å². The molecule has 1 aromatic carbocycles. The number of aliphatic hydroxyl groups excluding tert-OH is 1. The number of rotatable bonds is 3. The van der Waals surface area contributed by atoms with E-state index in [0.717, 1.165) is 12.5 Å². The van der Waals surface area contributed by atoms with Crippen LogP contribution in [0.2, 0.25) is 0 Å². The quantitative estimate of drug-likeness (QED) is 0.548. The normalized spacial score (nSPS) is 10.0. The lowest BCUT2D eigenvalue weighted by Gasteiger charge is -2.00. The Kier molecular flexibility index (Phi) is 2.90. The number of hydrogen-bond donors (Lipinski definition) is 1. The van der Waals surface area contributed by atoms with Gasteiger partial charge in [0, 0.05) is 0 Å². The molecule has 0 aliphatic carbocycles. The van der Waals surface area contributed by atoms with Crippen molar-refractivity contribution in [1.29, 1.82) is 0 Å². The summed E-state index contributed by atoms with van der Waals surface area (Å²) in [5.41, 5.74) is 0.454. The van der Waals surface area contributed by atoms with E-state index in [1.807, 2.05) is 0 Å². The Balaban J connectivity index is 2.89. The maximum atomic E-state index is 10.4. The fraction of sp³-hybridized carbons (Fsp3) is 0. The van der Waals surface area contributed by atoms with Gasteiger partial charge in [0.1, 0.15) is 18.3 Å². The number of carbonyl (C=O) groups excluding carboxylic acids is 1. The standard InChI is InChI=1S/C9H8O3/c10-5-6-12-9-4-2-1-3-8(9)7-11/h1-7,10H. The highest BCUT2D eigenvalue weighted by Crippen LogP contribution is 2.15. The summed E-state index contributed by atoms with van der Waals surface area (Å²) in [6.07, 6.45) is 2.56. The van der Waals surface area contributed by atoms with Gasteiger partial charge in [0.15, 0.2) is 6.29 Å². The van der Waals surface area contributed by atoms with Crippen molar-refractivity contribution in [3.8, 4) is 5.75 Å². The molecule has 0 aromatic heterocycles. The Bertz CT molecular complexity index is 292. The number of aliphatic hydroxyl groups is 1. The second-order valence-corrected chi connectivity index (χ2v) is 2.06. The molecule has 0 aliphatic heterocycles. The molecule has 0 fully saturated rings. The van der Waals surface area contributed by atoms with Gasteiger partial charge in [-0.3, -0.25) is 4.79 Å². The van der Waals surface area contributed by atoms with Gasteiger partial charge >= 0.3 is 0 Å². The molecule has 0 radical (unpaired) electrons. The zero-order chi connectivity index (χ0) is 8.81. The van der Waals surface area contributed by atoms with Crippen molar-refractivity contribution in [3.05, 3.63) is 42.4 Å². The van der Waals surface area contributed by atoms with Crippen LogP contribution in [0.15, 0.2) is 36.8 Å². The maximum Gasteiger partial charge on any atom is 0.153 e. The van der Waals surface area contributed by atoms with E-state index in [0.29, 0.717) is 17.6 Å². The number of carbonyl (C=O) groups is 1. The van der Waals surface area contributed by atoms with Gasteiger partial charge in [-0.05, 0) is 12.1 Å². The van der Waals surface area contributed by atoms with Crippen LogP contribution < -0.4 is 4.74 Å². The van der Waals surface area contributed by atoms with Gasteiger partial charge in [-0.2, -0.15) is 0 Å². The first-order chi connectivity index (χ1) is 5.88. The number of benzene rings is 1. The molecule has 1 N–H and O–H groups in total. The molecule has 1 rings (SSSR count). The van der Waals surface area contributed by atoms with E-state index in [9.17, 15) is 4.79 Å². The largest absolute Gasteiger partial charge is 0.512 e. The molecule has 0 spiro atoms. The Hall–Kier alpha value is -1.77. The van der Waals surface area contributed by atoms with Crippen LogP contribution >= 0.6 is 0 Å². The van der Waals surface area contributed by atoms with E-state index in [4.69, 9.17) is 9.84 Å². The lowest BCUT2D eigenvalue weighted by Crippen LogP contribution is -1.88. The maximum absolute atomic E-state index is 10.4. The summed E-state index contributed by atoms with van der Waals surface area (Å²) in [7, 11) is 0. The average Bonchev–Trinajstić information content (AvgIpc) is 2.15. The molecule has 0 unspecified atom stereocenters. The summed E-state index contributed by atoms with van der Waals surface area (Å²) >= 11 is 0. The van der Waals surface area contributed by atoms with Crippen molar-refractivity contribution in [2.75, 3.05) is 0 Å². The van der Waals surface area contributed by atoms with E-state index in [2.05, 4.69) is 0 Å². The first-order valence-electron chi connectivity index (χ1n) is 3.38.